The van der Waals surface area contributed by atoms with Gasteiger partial charge in [-0.2, -0.15) is 0 Å². The molecule has 3 heteroatoms. The van der Waals surface area contributed by atoms with E-state index in [1.54, 1.807) is 7.11 Å². The third kappa shape index (κ3) is 1.26. The van der Waals surface area contributed by atoms with E-state index in [0.29, 0.717) is 6.17 Å². The van der Waals surface area contributed by atoms with Crippen LogP contribution < -0.4 is 9.64 Å². The van der Waals surface area contributed by atoms with Crippen LogP contribution in [0.4, 0.5) is 5.69 Å². The lowest BCUT2D eigenvalue weighted by Crippen LogP contribution is -2.45. The molecule has 1 saturated heterocycles. The normalized spacial score (nSPS) is 31.5. The van der Waals surface area contributed by atoms with Gasteiger partial charge < -0.3 is 9.64 Å². The van der Waals surface area contributed by atoms with Gasteiger partial charge in [0.15, 0.2) is 0 Å². The fourth-order valence-corrected chi connectivity index (χ4v) is 3.69. The molecule has 0 radical (unpaired) electrons. The second kappa shape index (κ2) is 3.39. The lowest BCUT2D eigenvalue weighted by Gasteiger charge is -2.32. The van der Waals surface area contributed by atoms with E-state index in [4.69, 9.17) is 4.74 Å². The van der Waals surface area contributed by atoms with Crippen LogP contribution in [0.15, 0.2) is 18.2 Å². The summed E-state index contributed by atoms with van der Waals surface area (Å²) in [6, 6.07) is 6.48. The zero-order valence-corrected chi connectivity index (χ0v) is 11.0. The molecule has 17 heavy (non-hydrogen) atoms. The minimum atomic E-state index is 0.269. The summed E-state index contributed by atoms with van der Waals surface area (Å²) in [5.41, 5.74) is 3.06. The average molecular weight is 232 g/mol. The minimum absolute atomic E-state index is 0.269. The monoisotopic (exact) mass is 232 g/mol. The molecule has 2 aliphatic rings. The van der Waals surface area contributed by atoms with Crippen LogP contribution in [0.2, 0.25) is 0 Å². The molecule has 0 saturated carbocycles. The SMILES string of the molecule is COc1ccc2c(c1)N(C)[C@@H]1N(C)CC[C@]21C. The Bertz CT molecular complexity index is 460. The first-order valence-corrected chi connectivity index (χ1v) is 6.19. The van der Waals surface area contributed by atoms with Crippen molar-refractivity contribution in [3.05, 3.63) is 23.8 Å². The van der Waals surface area contributed by atoms with Gasteiger partial charge in [0.05, 0.1) is 13.3 Å². The van der Waals surface area contributed by atoms with Crippen LogP contribution in [-0.4, -0.2) is 38.8 Å². The van der Waals surface area contributed by atoms with E-state index in [0.717, 1.165) is 5.75 Å². The van der Waals surface area contributed by atoms with E-state index in [2.05, 4.69) is 49.0 Å². The molecule has 92 valence electrons. The third-order valence-corrected chi connectivity index (χ3v) is 4.54. The molecular weight excluding hydrogens is 212 g/mol. The number of methoxy groups -OCH3 is 1. The van der Waals surface area contributed by atoms with Crippen molar-refractivity contribution in [3.63, 3.8) is 0 Å². The van der Waals surface area contributed by atoms with E-state index in [9.17, 15) is 0 Å². The summed E-state index contributed by atoms with van der Waals surface area (Å²) in [5, 5.41) is 0. The Morgan fingerprint density at radius 1 is 1.35 bits per heavy atom. The number of nitrogens with zero attached hydrogens (tertiary/aromatic N) is 2. The van der Waals surface area contributed by atoms with Gasteiger partial charge in [0, 0.05) is 30.8 Å². The molecular formula is C14H20N2O. The maximum absolute atomic E-state index is 5.33. The van der Waals surface area contributed by atoms with Crippen molar-refractivity contribution in [2.45, 2.75) is 24.9 Å². The molecule has 0 unspecified atom stereocenters. The number of likely N-dealkylation sites (tertiary alicyclic amines) is 1. The number of ether oxygens (including phenoxy) is 1. The minimum Gasteiger partial charge on any atom is -0.497 e. The van der Waals surface area contributed by atoms with E-state index < -0.39 is 0 Å². The first-order valence-electron chi connectivity index (χ1n) is 6.19. The van der Waals surface area contributed by atoms with Gasteiger partial charge >= 0.3 is 0 Å². The van der Waals surface area contributed by atoms with Crippen molar-refractivity contribution in [2.75, 3.05) is 32.6 Å². The van der Waals surface area contributed by atoms with Gasteiger partial charge in [0.1, 0.15) is 5.75 Å². The largest absolute Gasteiger partial charge is 0.497 e. The highest BCUT2D eigenvalue weighted by molar-refractivity contribution is 5.66. The van der Waals surface area contributed by atoms with E-state index in [1.165, 1.54) is 24.2 Å². The predicted octanol–water partition coefficient (Wildman–Crippen LogP) is 2.06. The molecule has 2 heterocycles. The molecule has 0 amide bonds. The van der Waals surface area contributed by atoms with Crippen molar-refractivity contribution in [1.29, 1.82) is 0 Å². The lowest BCUT2D eigenvalue weighted by atomic mass is 9.81. The van der Waals surface area contributed by atoms with Gasteiger partial charge in [-0.05, 0) is 25.1 Å². The van der Waals surface area contributed by atoms with Gasteiger partial charge in [-0.25, -0.2) is 0 Å². The number of anilines is 1. The van der Waals surface area contributed by atoms with Crippen molar-refractivity contribution in [3.8, 4) is 5.75 Å². The Kier molecular flexibility index (Phi) is 2.17. The van der Waals surface area contributed by atoms with Crippen LogP contribution >= 0.6 is 0 Å². The number of rotatable bonds is 1. The number of likely N-dealkylation sites (N-methyl/N-ethyl adjacent to an activating group) is 2. The third-order valence-electron chi connectivity index (χ3n) is 4.54. The molecule has 0 spiro atoms. The van der Waals surface area contributed by atoms with Crippen LogP contribution in [0, 0.1) is 0 Å². The summed E-state index contributed by atoms with van der Waals surface area (Å²) in [4.78, 5) is 4.84. The van der Waals surface area contributed by atoms with Gasteiger partial charge in [0.25, 0.3) is 0 Å². The topological polar surface area (TPSA) is 15.7 Å². The molecule has 1 aromatic rings. The lowest BCUT2D eigenvalue weighted by molar-refractivity contribution is 0.268. The summed E-state index contributed by atoms with van der Waals surface area (Å²) in [5.74, 6) is 0.946. The molecule has 1 aromatic carbocycles. The van der Waals surface area contributed by atoms with Gasteiger partial charge in [-0.1, -0.05) is 13.0 Å². The first-order chi connectivity index (χ1) is 8.08. The summed E-state index contributed by atoms with van der Waals surface area (Å²) in [6.07, 6.45) is 1.72. The maximum Gasteiger partial charge on any atom is 0.120 e. The van der Waals surface area contributed by atoms with Crippen LogP contribution in [0.1, 0.15) is 18.9 Å². The Morgan fingerprint density at radius 2 is 2.12 bits per heavy atom. The second-order valence-corrected chi connectivity index (χ2v) is 5.52. The van der Waals surface area contributed by atoms with Crippen LogP contribution in [0.25, 0.3) is 0 Å². The predicted molar refractivity (Wildman–Crippen MR) is 69.8 cm³/mol. The molecule has 0 aliphatic carbocycles. The summed E-state index contributed by atoms with van der Waals surface area (Å²) >= 11 is 0. The fourth-order valence-electron chi connectivity index (χ4n) is 3.69. The highest BCUT2D eigenvalue weighted by atomic mass is 16.5. The van der Waals surface area contributed by atoms with E-state index in [1.807, 2.05) is 0 Å². The number of hydrogen-bond donors (Lipinski definition) is 0. The molecule has 2 aliphatic heterocycles. The van der Waals surface area contributed by atoms with E-state index in [-0.39, 0.29) is 5.41 Å². The molecule has 2 atom stereocenters. The van der Waals surface area contributed by atoms with Crippen molar-refractivity contribution in [1.82, 2.24) is 4.90 Å². The Morgan fingerprint density at radius 3 is 2.82 bits per heavy atom. The number of benzene rings is 1. The van der Waals surface area contributed by atoms with Crippen LogP contribution in [-0.2, 0) is 5.41 Å². The average Bonchev–Trinajstić information content (AvgIpc) is 2.75. The summed E-state index contributed by atoms with van der Waals surface area (Å²) in [6.45, 7) is 3.56. The summed E-state index contributed by atoms with van der Waals surface area (Å²) in [7, 11) is 6.14. The van der Waals surface area contributed by atoms with Gasteiger partial charge in [-0.3, -0.25) is 4.90 Å². The molecule has 0 N–H and O–H groups in total. The van der Waals surface area contributed by atoms with E-state index >= 15 is 0 Å². The Hall–Kier alpha value is -1.22. The highest BCUT2D eigenvalue weighted by Crippen LogP contribution is 2.51. The zero-order chi connectivity index (χ0) is 12.2. The molecule has 3 rings (SSSR count). The van der Waals surface area contributed by atoms with Crippen LogP contribution in [0.3, 0.4) is 0 Å². The first kappa shape index (κ1) is 10.9. The Labute approximate surface area is 103 Å². The Balaban J connectivity index is 2.14. The zero-order valence-electron chi connectivity index (χ0n) is 11.0. The standard InChI is InChI=1S/C14H20N2O/c1-14-7-8-15(2)13(14)16(3)12-9-10(17-4)5-6-11(12)14/h5-6,9,13H,7-8H2,1-4H3/t13-,14+/m0/s1. The van der Waals surface area contributed by atoms with Gasteiger partial charge in [0.2, 0.25) is 0 Å². The molecule has 0 aromatic heterocycles. The smallest absolute Gasteiger partial charge is 0.120 e. The quantitative estimate of drug-likeness (QED) is 0.737. The second-order valence-electron chi connectivity index (χ2n) is 5.52. The number of fused-ring (bicyclic) bond motifs is 3. The van der Waals surface area contributed by atoms with Crippen molar-refractivity contribution in [2.24, 2.45) is 0 Å². The maximum atomic E-state index is 5.33. The van der Waals surface area contributed by atoms with Gasteiger partial charge in [-0.15, -0.1) is 0 Å². The number of hydrogen-bond acceptors (Lipinski definition) is 3. The fraction of sp³-hybridized carbons (Fsp3) is 0.571. The van der Waals surface area contributed by atoms with Crippen molar-refractivity contribution >= 4 is 5.69 Å². The summed E-state index contributed by atoms with van der Waals surface area (Å²) < 4.78 is 5.33. The molecule has 1 fully saturated rings. The van der Waals surface area contributed by atoms with Crippen molar-refractivity contribution < 1.29 is 4.74 Å². The van der Waals surface area contributed by atoms with Crippen LogP contribution in [0.5, 0.6) is 5.75 Å². The molecule has 3 nitrogen and oxygen atoms in total. The highest BCUT2D eigenvalue weighted by Gasteiger charge is 2.52. The molecule has 0 bridgehead atoms.